The molecule has 36 heavy (non-hydrogen) atoms. The lowest BCUT2D eigenvalue weighted by Gasteiger charge is -2.21. The molecule has 1 saturated carbocycles. The molecule has 1 atom stereocenters. The van der Waals surface area contributed by atoms with Crippen LogP contribution in [0, 0.1) is 0 Å². The Bertz CT molecular complexity index is 1080. The van der Waals surface area contributed by atoms with Gasteiger partial charge in [0, 0.05) is 37.2 Å². The fourth-order valence-corrected chi connectivity index (χ4v) is 5.38. The number of carbonyl (C=O) groups is 2. The van der Waals surface area contributed by atoms with Gasteiger partial charge in [0.25, 0.3) is 11.8 Å². The molecule has 8 heteroatoms. The van der Waals surface area contributed by atoms with Crippen LogP contribution in [0.4, 0.5) is 0 Å². The smallest absolute Gasteiger partial charge is 0.256 e. The first-order valence-electron chi connectivity index (χ1n) is 13.4. The second-order valence-electron chi connectivity index (χ2n) is 10.2. The van der Waals surface area contributed by atoms with Crippen molar-refractivity contribution in [2.24, 2.45) is 0 Å². The summed E-state index contributed by atoms with van der Waals surface area (Å²) in [6.07, 6.45) is 15.5. The molecule has 0 bridgehead atoms. The van der Waals surface area contributed by atoms with E-state index in [0.717, 1.165) is 50.8 Å². The minimum absolute atomic E-state index is 0.00368. The van der Waals surface area contributed by atoms with Crippen molar-refractivity contribution in [3.63, 3.8) is 0 Å². The van der Waals surface area contributed by atoms with Crippen LogP contribution in [0.5, 0.6) is 0 Å². The molecule has 0 aromatic carbocycles. The van der Waals surface area contributed by atoms with E-state index in [2.05, 4.69) is 27.6 Å². The van der Waals surface area contributed by atoms with Gasteiger partial charge in [0.05, 0.1) is 12.2 Å². The lowest BCUT2D eigenvalue weighted by atomic mass is 9.96. The zero-order chi connectivity index (χ0) is 25.3. The monoisotopic (exact) mass is 493 g/mol. The number of amides is 2. The largest absolute Gasteiger partial charge is 0.352 e. The number of nitrogens with zero attached hydrogens (tertiary/aromatic N) is 3. The van der Waals surface area contributed by atoms with Gasteiger partial charge in [0.15, 0.2) is 0 Å². The van der Waals surface area contributed by atoms with Crippen molar-refractivity contribution in [2.75, 3.05) is 20.1 Å². The maximum atomic E-state index is 13.3. The van der Waals surface area contributed by atoms with Crippen molar-refractivity contribution < 1.29 is 9.59 Å². The highest BCUT2D eigenvalue weighted by Gasteiger charge is 2.23. The quantitative estimate of drug-likeness (QED) is 0.588. The van der Waals surface area contributed by atoms with E-state index in [1.807, 2.05) is 18.2 Å². The fraction of sp³-hybridized carbons (Fsp3) is 0.571. The van der Waals surface area contributed by atoms with E-state index in [-0.39, 0.29) is 17.2 Å². The number of hydrogen-bond donors (Lipinski definition) is 2. The maximum absolute atomic E-state index is 13.3. The normalized spacial score (nSPS) is 19.4. The molecular weight excluding hydrogens is 454 g/mol. The van der Waals surface area contributed by atoms with Gasteiger partial charge in [-0.3, -0.25) is 19.4 Å². The van der Waals surface area contributed by atoms with Crippen LogP contribution >= 0.6 is 0 Å². The van der Waals surface area contributed by atoms with Gasteiger partial charge in [-0.25, -0.2) is 0 Å². The zero-order valence-electron chi connectivity index (χ0n) is 21.4. The van der Waals surface area contributed by atoms with Crippen molar-refractivity contribution in [3.05, 3.63) is 63.8 Å². The number of likely N-dealkylation sites (tertiary alicyclic amines) is 1. The average molecular weight is 494 g/mol. The second kappa shape index (κ2) is 12.8. The predicted molar refractivity (Wildman–Crippen MR) is 140 cm³/mol. The summed E-state index contributed by atoms with van der Waals surface area (Å²) in [6.45, 7) is 1.93. The minimum atomic E-state index is -0.522. The summed E-state index contributed by atoms with van der Waals surface area (Å²) in [5, 5.41) is 6.00. The molecule has 0 spiro atoms. The summed E-state index contributed by atoms with van der Waals surface area (Å²) in [5.74, 6) is -0.835. The number of rotatable bonds is 8. The third kappa shape index (κ3) is 7.03. The average Bonchev–Trinajstić information content (AvgIpc) is 3.26. The topological polar surface area (TPSA) is 96.3 Å². The Morgan fingerprint density at radius 3 is 2.36 bits per heavy atom. The van der Waals surface area contributed by atoms with Crippen LogP contribution < -0.4 is 16.1 Å². The SMILES string of the molecule is CN1CCC[C@H]1CCNC(=O)c1cn(Cc2ccccn2)cc(C(=O)NC2CCCCCCC2)c1=O. The Morgan fingerprint density at radius 2 is 1.69 bits per heavy atom. The van der Waals surface area contributed by atoms with Crippen LogP contribution in [-0.4, -0.2) is 58.5 Å². The molecule has 2 aromatic rings. The molecular formula is C28H39N5O3. The number of pyridine rings is 2. The summed E-state index contributed by atoms with van der Waals surface area (Å²) in [6, 6.07) is 6.11. The van der Waals surface area contributed by atoms with Crippen LogP contribution in [0.25, 0.3) is 0 Å². The van der Waals surface area contributed by atoms with E-state index in [4.69, 9.17) is 0 Å². The maximum Gasteiger partial charge on any atom is 0.256 e. The summed E-state index contributed by atoms with van der Waals surface area (Å²) < 4.78 is 1.72. The first kappa shape index (κ1) is 26.1. The number of nitrogens with one attached hydrogen (secondary N) is 2. The van der Waals surface area contributed by atoms with Crippen molar-refractivity contribution in [1.29, 1.82) is 0 Å². The Morgan fingerprint density at radius 1 is 0.972 bits per heavy atom. The highest BCUT2D eigenvalue weighted by atomic mass is 16.2. The molecule has 1 saturated heterocycles. The molecule has 2 amide bonds. The molecule has 8 nitrogen and oxygen atoms in total. The van der Waals surface area contributed by atoms with Crippen LogP contribution in [0.1, 0.15) is 90.6 Å². The predicted octanol–water partition coefficient (Wildman–Crippen LogP) is 3.35. The van der Waals surface area contributed by atoms with E-state index in [9.17, 15) is 14.4 Å². The van der Waals surface area contributed by atoms with Gasteiger partial charge < -0.3 is 20.1 Å². The highest BCUT2D eigenvalue weighted by Crippen LogP contribution is 2.18. The van der Waals surface area contributed by atoms with Gasteiger partial charge in [0.2, 0.25) is 5.43 Å². The Labute approximate surface area is 213 Å². The third-order valence-corrected chi connectivity index (χ3v) is 7.51. The first-order valence-corrected chi connectivity index (χ1v) is 13.4. The van der Waals surface area contributed by atoms with Crippen LogP contribution in [0.2, 0.25) is 0 Å². The third-order valence-electron chi connectivity index (χ3n) is 7.51. The standard InChI is InChI=1S/C28H39N5O3/c1-32-17-9-13-23(32)14-16-30-27(35)24-19-33(18-22-12-7-8-15-29-22)20-25(26(24)34)28(36)31-21-10-5-3-2-4-6-11-21/h7-8,12,15,19-21,23H,2-6,9-11,13-14,16-18H2,1H3,(H,30,35)(H,31,36)/t23-/m0/s1. The van der Waals surface area contributed by atoms with E-state index in [1.165, 1.54) is 25.7 Å². The minimum Gasteiger partial charge on any atom is -0.352 e. The molecule has 4 rings (SSSR count). The van der Waals surface area contributed by atoms with E-state index < -0.39 is 17.2 Å². The molecule has 2 fully saturated rings. The lowest BCUT2D eigenvalue weighted by Crippen LogP contribution is -2.40. The Hall–Kier alpha value is -3.00. The van der Waals surface area contributed by atoms with Crippen molar-refractivity contribution in [1.82, 2.24) is 25.1 Å². The van der Waals surface area contributed by atoms with Crippen molar-refractivity contribution in [2.45, 2.75) is 82.8 Å². The van der Waals surface area contributed by atoms with E-state index >= 15 is 0 Å². The molecule has 0 radical (unpaired) electrons. The summed E-state index contributed by atoms with van der Waals surface area (Å²) >= 11 is 0. The van der Waals surface area contributed by atoms with E-state index in [0.29, 0.717) is 19.1 Å². The van der Waals surface area contributed by atoms with Gasteiger partial charge >= 0.3 is 0 Å². The Balaban J connectivity index is 1.53. The van der Waals surface area contributed by atoms with Gasteiger partial charge in [-0.05, 0) is 57.8 Å². The molecule has 0 unspecified atom stereocenters. The lowest BCUT2D eigenvalue weighted by molar-refractivity contribution is 0.0928. The number of aromatic nitrogens is 2. The molecule has 1 aliphatic heterocycles. The van der Waals surface area contributed by atoms with E-state index in [1.54, 1.807) is 23.2 Å². The molecule has 1 aliphatic carbocycles. The summed E-state index contributed by atoms with van der Waals surface area (Å²) in [5.41, 5.74) is 0.265. The number of hydrogen-bond acceptors (Lipinski definition) is 5. The second-order valence-corrected chi connectivity index (χ2v) is 10.2. The Kier molecular flexibility index (Phi) is 9.28. The molecule has 194 valence electrons. The van der Waals surface area contributed by atoms with Crippen LogP contribution in [0.15, 0.2) is 41.6 Å². The molecule has 3 heterocycles. The zero-order valence-corrected chi connectivity index (χ0v) is 21.4. The van der Waals surface area contributed by atoms with Gasteiger partial charge in [-0.1, -0.05) is 38.2 Å². The molecule has 2 aliphatic rings. The van der Waals surface area contributed by atoms with Gasteiger partial charge in [0.1, 0.15) is 11.1 Å². The fourth-order valence-electron chi connectivity index (χ4n) is 5.38. The molecule has 2 aromatic heterocycles. The van der Waals surface area contributed by atoms with Crippen molar-refractivity contribution >= 4 is 11.8 Å². The van der Waals surface area contributed by atoms with Gasteiger partial charge in [-0.2, -0.15) is 0 Å². The van der Waals surface area contributed by atoms with Gasteiger partial charge in [-0.15, -0.1) is 0 Å². The summed E-state index contributed by atoms with van der Waals surface area (Å²) in [7, 11) is 2.11. The summed E-state index contributed by atoms with van der Waals surface area (Å²) in [4.78, 5) is 46.3. The number of carbonyl (C=O) groups excluding carboxylic acids is 2. The first-order chi connectivity index (χ1) is 17.5. The van der Waals surface area contributed by atoms with Crippen LogP contribution in [0.3, 0.4) is 0 Å². The van der Waals surface area contributed by atoms with Crippen molar-refractivity contribution in [3.8, 4) is 0 Å². The highest BCUT2D eigenvalue weighted by molar-refractivity contribution is 5.99. The van der Waals surface area contributed by atoms with Crippen LogP contribution in [-0.2, 0) is 6.54 Å². The molecule has 2 N–H and O–H groups in total.